The number of Topliss-reactive ketones (excluding diaryl/α,β-unsaturated/α-hetero) is 1. The number of carbonyl (C=O) groups excluding carboxylic acids is 1. The summed E-state index contributed by atoms with van der Waals surface area (Å²) in [6, 6.07) is 9.95. The minimum absolute atomic E-state index is 0.0941. The highest BCUT2D eigenvalue weighted by atomic mass is 32.2. The fourth-order valence-electron chi connectivity index (χ4n) is 3.00. The van der Waals surface area contributed by atoms with Crippen molar-refractivity contribution >= 4 is 28.9 Å². The van der Waals surface area contributed by atoms with Crippen LogP contribution in [0.1, 0.15) is 56.5 Å². The van der Waals surface area contributed by atoms with Gasteiger partial charge in [0, 0.05) is 10.5 Å². The summed E-state index contributed by atoms with van der Waals surface area (Å²) in [4.78, 5) is 12.5. The van der Waals surface area contributed by atoms with Gasteiger partial charge >= 0.3 is 0 Å². The SMILES string of the molecule is CCC1(CC)OCC(C)(c2csc(Sc3ccc(C(C)=O)cc3)c2)O1. The molecule has 0 amide bonds. The second-order valence-corrected chi connectivity index (χ2v) is 8.86. The minimum Gasteiger partial charge on any atom is -0.347 e. The van der Waals surface area contributed by atoms with Crippen molar-refractivity contribution in [3.05, 3.63) is 46.8 Å². The zero-order valence-electron chi connectivity index (χ0n) is 15.1. The van der Waals surface area contributed by atoms with Gasteiger partial charge in [0.1, 0.15) is 5.60 Å². The van der Waals surface area contributed by atoms with Gasteiger partial charge in [0.2, 0.25) is 0 Å². The summed E-state index contributed by atoms with van der Waals surface area (Å²) < 4.78 is 13.6. The van der Waals surface area contributed by atoms with Crippen LogP contribution in [0.25, 0.3) is 0 Å². The van der Waals surface area contributed by atoms with E-state index < -0.39 is 5.79 Å². The van der Waals surface area contributed by atoms with Crippen LogP contribution in [0.2, 0.25) is 0 Å². The van der Waals surface area contributed by atoms with Gasteiger partial charge in [0.05, 0.1) is 10.8 Å². The first-order valence-electron chi connectivity index (χ1n) is 8.62. The second-order valence-electron chi connectivity index (χ2n) is 6.58. The Morgan fingerprint density at radius 3 is 2.48 bits per heavy atom. The van der Waals surface area contributed by atoms with E-state index in [4.69, 9.17) is 9.47 Å². The molecule has 0 aliphatic carbocycles. The lowest BCUT2D eigenvalue weighted by molar-refractivity contribution is -0.190. The molecule has 5 heteroatoms. The van der Waals surface area contributed by atoms with Gasteiger partial charge in [-0.15, -0.1) is 11.3 Å². The lowest BCUT2D eigenvalue weighted by Gasteiger charge is -2.28. The van der Waals surface area contributed by atoms with Crippen LogP contribution < -0.4 is 0 Å². The van der Waals surface area contributed by atoms with Crippen molar-refractivity contribution < 1.29 is 14.3 Å². The van der Waals surface area contributed by atoms with Crippen molar-refractivity contribution in [2.45, 2.75) is 61.0 Å². The van der Waals surface area contributed by atoms with Gasteiger partial charge < -0.3 is 9.47 Å². The number of ether oxygens (including phenoxy) is 2. The van der Waals surface area contributed by atoms with Crippen molar-refractivity contribution in [2.24, 2.45) is 0 Å². The molecule has 25 heavy (non-hydrogen) atoms. The van der Waals surface area contributed by atoms with Crippen LogP contribution in [0.5, 0.6) is 0 Å². The van der Waals surface area contributed by atoms with Crippen LogP contribution in [-0.2, 0) is 15.1 Å². The zero-order valence-corrected chi connectivity index (χ0v) is 16.8. The third kappa shape index (κ3) is 3.85. The van der Waals surface area contributed by atoms with Crippen molar-refractivity contribution in [3.63, 3.8) is 0 Å². The van der Waals surface area contributed by atoms with E-state index in [2.05, 4.69) is 32.2 Å². The smallest absolute Gasteiger partial charge is 0.169 e. The molecule has 3 nitrogen and oxygen atoms in total. The van der Waals surface area contributed by atoms with Crippen molar-refractivity contribution in [1.29, 1.82) is 0 Å². The first-order valence-corrected chi connectivity index (χ1v) is 10.3. The molecule has 1 aromatic carbocycles. The number of ketones is 1. The zero-order chi connectivity index (χ0) is 18.1. The summed E-state index contributed by atoms with van der Waals surface area (Å²) >= 11 is 3.42. The molecule has 2 heterocycles. The Morgan fingerprint density at radius 1 is 1.24 bits per heavy atom. The van der Waals surface area contributed by atoms with E-state index in [-0.39, 0.29) is 11.4 Å². The van der Waals surface area contributed by atoms with Crippen LogP contribution in [-0.4, -0.2) is 18.2 Å². The topological polar surface area (TPSA) is 35.5 Å². The summed E-state index contributed by atoms with van der Waals surface area (Å²) in [6.07, 6.45) is 1.71. The molecule has 1 aliphatic heterocycles. The van der Waals surface area contributed by atoms with Gasteiger partial charge in [-0.2, -0.15) is 0 Å². The lowest BCUT2D eigenvalue weighted by Crippen LogP contribution is -2.32. The average molecular weight is 377 g/mol. The Bertz CT molecular complexity index is 747. The predicted octanol–water partition coefficient (Wildman–Crippen LogP) is 5.88. The Morgan fingerprint density at radius 2 is 1.92 bits per heavy atom. The maximum absolute atomic E-state index is 11.4. The average Bonchev–Trinajstić information content (AvgIpc) is 3.22. The highest BCUT2D eigenvalue weighted by molar-refractivity contribution is 8.01. The fourth-order valence-corrected chi connectivity index (χ4v) is 5.07. The van der Waals surface area contributed by atoms with Gasteiger partial charge in [0.15, 0.2) is 11.6 Å². The van der Waals surface area contributed by atoms with E-state index in [1.807, 2.05) is 24.3 Å². The molecule has 1 aromatic heterocycles. The largest absolute Gasteiger partial charge is 0.347 e. The predicted molar refractivity (Wildman–Crippen MR) is 103 cm³/mol. The quantitative estimate of drug-likeness (QED) is 0.590. The van der Waals surface area contributed by atoms with E-state index in [1.54, 1.807) is 30.0 Å². The third-order valence-corrected chi connectivity index (χ3v) is 6.85. The molecule has 2 aromatic rings. The van der Waals surface area contributed by atoms with Crippen LogP contribution in [0, 0.1) is 0 Å². The molecule has 134 valence electrons. The Balaban J connectivity index is 1.73. The summed E-state index contributed by atoms with van der Waals surface area (Å²) in [5, 5.41) is 2.16. The standard InChI is InChI=1S/C20H24O3S2/c1-5-20(6-2)22-13-19(4,23-20)16-11-18(24-12-16)25-17-9-7-15(8-10-17)14(3)21/h7-12H,5-6,13H2,1-4H3. The van der Waals surface area contributed by atoms with Gasteiger partial charge in [-0.25, -0.2) is 0 Å². The molecule has 0 saturated carbocycles. The Labute approximate surface area is 157 Å². The van der Waals surface area contributed by atoms with Gasteiger partial charge in [0.25, 0.3) is 0 Å². The molecule has 1 fully saturated rings. The molecule has 0 N–H and O–H groups in total. The molecular weight excluding hydrogens is 352 g/mol. The first kappa shape index (κ1) is 18.6. The molecule has 1 atom stereocenters. The number of hydrogen-bond donors (Lipinski definition) is 0. The number of thiophene rings is 1. The minimum atomic E-state index is -0.452. The third-order valence-electron chi connectivity index (χ3n) is 4.76. The van der Waals surface area contributed by atoms with E-state index >= 15 is 0 Å². The fraction of sp³-hybridized carbons (Fsp3) is 0.450. The number of rotatable bonds is 6. The number of hydrogen-bond acceptors (Lipinski definition) is 5. The molecule has 1 aliphatic rings. The Hall–Kier alpha value is -1.14. The number of benzene rings is 1. The second kappa shape index (κ2) is 7.23. The van der Waals surface area contributed by atoms with Crippen LogP contribution in [0.4, 0.5) is 0 Å². The van der Waals surface area contributed by atoms with Crippen molar-refractivity contribution in [1.82, 2.24) is 0 Å². The lowest BCUT2D eigenvalue weighted by atomic mass is 10.0. The monoisotopic (exact) mass is 376 g/mol. The highest BCUT2D eigenvalue weighted by Gasteiger charge is 2.47. The molecule has 0 bridgehead atoms. The molecular formula is C20H24O3S2. The molecule has 0 spiro atoms. The first-order chi connectivity index (χ1) is 11.9. The summed E-state index contributed by atoms with van der Waals surface area (Å²) in [6.45, 7) is 8.50. The highest BCUT2D eigenvalue weighted by Crippen LogP contribution is 2.45. The van der Waals surface area contributed by atoms with Crippen molar-refractivity contribution in [3.8, 4) is 0 Å². The molecule has 1 unspecified atom stereocenters. The van der Waals surface area contributed by atoms with Crippen LogP contribution in [0.3, 0.4) is 0 Å². The number of carbonyl (C=O) groups is 1. The van der Waals surface area contributed by atoms with Crippen molar-refractivity contribution in [2.75, 3.05) is 6.61 Å². The van der Waals surface area contributed by atoms with Crippen LogP contribution in [0.15, 0.2) is 44.8 Å². The van der Waals surface area contributed by atoms with Gasteiger partial charge in [-0.3, -0.25) is 4.79 Å². The van der Waals surface area contributed by atoms with E-state index in [1.165, 1.54) is 9.77 Å². The molecule has 0 radical (unpaired) electrons. The van der Waals surface area contributed by atoms with E-state index in [9.17, 15) is 4.79 Å². The normalized spacial score (nSPS) is 22.2. The summed E-state index contributed by atoms with van der Waals surface area (Å²) in [5.41, 5.74) is 1.53. The van der Waals surface area contributed by atoms with E-state index in [0.29, 0.717) is 6.61 Å². The molecule has 3 rings (SSSR count). The maximum atomic E-state index is 11.4. The Kier molecular flexibility index (Phi) is 5.40. The summed E-state index contributed by atoms with van der Waals surface area (Å²) in [5.74, 6) is -0.358. The summed E-state index contributed by atoms with van der Waals surface area (Å²) in [7, 11) is 0. The maximum Gasteiger partial charge on any atom is 0.169 e. The van der Waals surface area contributed by atoms with E-state index in [0.717, 1.165) is 23.3 Å². The molecule has 1 saturated heterocycles. The van der Waals surface area contributed by atoms with Crippen LogP contribution >= 0.6 is 23.1 Å². The van der Waals surface area contributed by atoms with Gasteiger partial charge in [-0.05, 0) is 55.8 Å². The van der Waals surface area contributed by atoms with Gasteiger partial charge in [-0.1, -0.05) is 37.7 Å².